The molecule has 1 N–H and O–H groups in total. The van der Waals surface area contributed by atoms with Crippen LogP contribution in [0.25, 0.3) is 10.8 Å². The lowest BCUT2D eigenvalue weighted by atomic mass is 10.1. The number of aryl methyl sites for hydroxylation is 1. The number of sulfonamides is 1. The predicted octanol–water partition coefficient (Wildman–Crippen LogP) is 3.87. The molecule has 158 valence electrons. The van der Waals surface area contributed by atoms with E-state index in [-0.39, 0.29) is 6.42 Å². The summed E-state index contributed by atoms with van der Waals surface area (Å²) in [7, 11) is -1.94. The third-order valence-electron chi connectivity index (χ3n) is 4.98. The quantitative estimate of drug-likeness (QED) is 0.560. The van der Waals surface area contributed by atoms with Gasteiger partial charge in [0.05, 0.1) is 18.6 Å². The van der Waals surface area contributed by atoms with Crippen molar-refractivity contribution in [3.8, 4) is 5.75 Å². The Morgan fingerprint density at radius 2 is 1.73 bits per heavy atom. The summed E-state index contributed by atoms with van der Waals surface area (Å²) < 4.78 is 30.9. The van der Waals surface area contributed by atoms with Crippen molar-refractivity contribution in [2.24, 2.45) is 0 Å². The van der Waals surface area contributed by atoms with Crippen molar-refractivity contribution in [1.29, 1.82) is 0 Å². The molecule has 0 saturated heterocycles. The Morgan fingerprint density at radius 1 is 1.00 bits per heavy atom. The van der Waals surface area contributed by atoms with Crippen LogP contribution in [0, 0.1) is 0 Å². The van der Waals surface area contributed by atoms with Gasteiger partial charge in [0.1, 0.15) is 5.75 Å². The molecule has 0 aliphatic rings. The molecular weight excluding hydrogens is 402 g/mol. The maximum absolute atomic E-state index is 11.9. The Labute approximate surface area is 176 Å². The van der Waals surface area contributed by atoms with Gasteiger partial charge in [-0.3, -0.25) is 9.10 Å². The number of hydrogen-bond acceptors (Lipinski definition) is 4. The number of hydrogen-bond donors (Lipinski definition) is 1. The van der Waals surface area contributed by atoms with Crippen LogP contribution in [-0.2, 0) is 27.7 Å². The minimum atomic E-state index is -3.41. The molecule has 0 heterocycles. The van der Waals surface area contributed by atoms with Crippen LogP contribution in [0.15, 0.2) is 60.7 Å². The molecule has 0 fully saturated rings. The van der Waals surface area contributed by atoms with Crippen LogP contribution < -0.4 is 9.04 Å². The van der Waals surface area contributed by atoms with E-state index in [1.165, 1.54) is 16.7 Å². The second kappa shape index (κ2) is 9.17. The number of carboxylic acid groups (broad SMARTS) is 1. The first-order chi connectivity index (χ1) is 14.2. The number of carboxylic acids is 1. The minimum Gasteiger partial charge on any atom is -0.493 e. The van der Waals surface area contributed by atoms with Crippen molar-refractivity contribution < 1.29 is 23.1 Å². The highest BCUT2D eigenvalue weighted by Crippen LogP contribution is 2.28. The third kappa shape index (κ3) is 5.51. The molecule has 30 heavy (non-hydrogen) atoms. The van der Waals surface area contributed by atoms with Crippen molar-refractivity contribution in [1.82, 2.24) is 0 Å². The lowest BCUT2D eigenvalue weighted by molar-refractivity contribution is -0.136. The van der Waals surface area contributed by atoms with Crippen molar-refractivity contribution in [2.45, 2.75) is 19.3 Å². The summed E-state index contributed by atoms with van der Waals surface area (Å²) in [6.45, 7) is 0.393. The summed E-state index contributed by atoms with van der Waals surface area (Å²) in [5, 5.41) is 11.3. The highest BCUT2D eigenvalue weighted by Gasteiger charge is 2.15. The smallest absolute Gasteiger partial charge is 0.303 e. The first-order valence-corrected chi connectivity index (χ1v) is 11.5. The van der Waals surface area contributed by atoms with Crippen molar-refractivity contribution in [2.75, 3.05) is 24.2 Å². The van der Waals surface area contributed by atoms with Gasteiger partial charge in [0.25, 0.3) is 0 Å². The molecule has 0 aliphatic carbocycles. The molecule has 0 atom stereocenters. The standard InChI is InChI=1S/C23H25NO5S/c1-24(30(2,27)28)21-11-9-19(10-12-23(25)26)22(16-21)29-14-13-17-7-8-18-5-3-4-6-20(18)15-17/h3-9,11,15-16H,10,12-14H2,1-2H3,(H,25,26). The number of aliphatic carboxylic acids is 1. The fourth-order valence-corrected chi connectivity index (χ4v) is 3.68. The summed E-state index contributed by atoms with van der Waals surface area (Å²) in [6, 6.07) is 19.4. The van der Waals surface area contributed by atoms with Gasteiger partial charge in [-0.1, -0.05) is 48.5 Å². The molecule has 3 rings (SSSR count). The lowest BCUT2D eigenvalue weighted by Gasteiger charge is -2.19. The monoisotopic (exact) mass is 427 g/mol. The summed E-state index contributed by atoms with van der Waals surface area (Å²) in [4.78, 5) is 11.0. The highest BCUT2D eigenvalue weighted by molar-refractivity contribution is 7.92. The largest absolute Gasteiger partial charge is 0.493 e. The highest BCUT2D eigenvalue weighted by atomic mass is 32.2. The Kier molecular flexibility index (Phi) is 6.62. The first kappa shape index (κ1) is 21.6. The average Bonchev–Trinajstić information content (AvgIpc) is 2.71. The number of carbonyl (C=O) groups is 1. The third-order valence-corrected chi connectivity index (χ3v) is 6.19. The van der Waals surface area contributed by atoms with Gasteiger partial charge >= 0.3 is 5.97 Å². The number of nitrogens with zero attached hydrogens (tertiary/aromatic N) is 1. The number of benzene rings is 3. The van der Waals surface area contributed by atoms with E-state index in [9.17, 15) is 13.2 Å². The van der Waals surface area contributed by atoms with Crippen LogP contribution in [0.1, 0.15) is 17.5 Å². The van der Waals surface area contributed by atoms with Crippen LogP contribution in [0.2, 0.25) is 0 Å². The Bertz CT molecular complexity index is 1160. The van der Waals surface area contributed by atoms with E-state index in [1.54, 1.807) is 18.2 Å². The van der Waals surface area contributed by atoms with Crippen LogP contribution in [0.5, 0.6) is 5.75 Å². The van der Waals surface area contributed by atoms with Crippen LogP contribution in [0.4, 0.5) is 5.69 Å². The Morgan fingerprint density at radius 3 is 2.43 bits per heavy atom. The normalized spacial score (nSPS) is 11.4. The van der Waals surface area contributed by atoms with Crippen molar-refractivity contribution in [3.05, 3.63) is 71.8 Å². The average molecular weight is 428 g/mol. The SMILES string of the molecule is CN(c1ccc(CCC(=O)O)c(OCCc2ccc3ccccc3c2)c1)S(C)(=O)=O. The Hall–Kier alpha value is -3.06. The second-order valence-electron chi connectivity index (χ2n) is 7.20. The summed E-state index contributed by atoms with van der Waals surface area (Å²) in [6.07, 6.45) is 2.09. The molecule has 0 bridgehead atoms. The molecular formula is C23H25NO5S. The minimum absolute atomic E-state index is 0.0255. The van der Waals surface area contributed by atoms with Gasteiger partial charge < -0.3 is 9.84 Å². The second-order valence-corrected chi connectivity index (χ2v) is 9.21. The topological polar surface area (TPSA) is 83.9 Å². The molecule has 0 saturated carbocycles. The number of rotatable bonds is 9. The maximum atomic E-state index is 11.9. The zero-order chi connectivity index (χ0) is 21.7. The molecule has 3 aromatic carbocycles. The van der Waals surface area contributed by atoms with E-state index in [0.29, 0.717) is 30.9 Å². The van der Waals surface area contributed by atoms with E-state index in [2.05, 4.69) is 30.3 Å². The van der Waals surface area contributed by atoms with Gasteiger partial charge in [0.15, 0.2) is 0 Å². The zero-order valence-electron chi connectivity index (χ0n) is 17.0. The summed E-state index contributed by atoms with van der Waals surface area (Å²) in [5.41, 5.74) is 2.34. The van der Waals surface area contributed by atoms with E-state index >= 15 is 0 Å². The van der Waals surface area contributed by atoms with Crippen molar-refractivity contribution >= 4 is 32.5 Å². The molecule has 6 nitrogen and oxygen atoms in total. The zero-order valence-corrected chi connectivity index (χ0v) is 17.9. The van der Waals surface area contributed by atoms with Gasteiger partial charge in [-0.2, -0.15) is 0 Å². The lowest BCUT2D eigenvalue weighted by Crippen LogP contribution is -2.24. The molecule has 0 unspecified atom stereocenters. The molecule has 0 radical (unpaired) electrons. The predicted molar refractivity (Wildman–Crippen MR) is 119 cm³/mol. The number of fused-ring (bicyclic) bond motifs is 1. The molecule has 3 aromatic rings. The van der Waals surface area contributed by atoms with Gasteiger partial charge in [-0.05, 0) is 34.4 Å². The van der Waals surface area contributed by atoms with Gasteiger partial charge in [-0.15, -0.1) is 0 Å². The first-order valence-electron chi connectivity index (χ1n) is 9.63. The molecule has 7 heteroatoms. The van der Waals surface area contributed by atoms with E-state index in [4.69, 9.17) is 9.84 Å². The maximum Gasteiger partial charge on any atom is 0.303 e. The van der Waals surface area contributed by atoms with E-state index in [0.717, 1.165) is 22.8 Å². The summed E-state index contributed by atoms with van der Waals surface area (Å²) >= 11 is 0. The summed E-state index contributed by atoms with van der Waals surface area (Å²) in [5.74, 6) is -0.389. The Balaban J connectivity index is 1.77. The van der Waals surface area contributed by atoms with Gasteiger partial charge in [0.2, 0.25) is 10.0 Å². The van der Waals surface area contributed by atoms with Gasteiger partial charge in [-0.25, -0.2) is 8.42 Å². The van der Waals surface area contributed by atoms with E-state index in [1.807, 2.05) is 12.1 Å². The number of ether oxygens (including phenoxy) is 1. The van der Waals surface area contributed by atoms with E-state index < -0.39 is 16.0 Å². The molecule has 0 amide bonds. The van der Waals surface area contributed by atoms with Gasteiger partial charge in [0, 0.05) is 26.0 Å². The molecule has 0 aliphatic heterocycles. The fraction of sp³-hybridized carbons (Fsp3) is 0.261. The molecule has 0 aromatic heterocycles. The van der Waals surface area contributed by atoms with Crippen LogP contribution >= 0.6 is 0 Å². The number of anilines is 1. The van der Waals surface area contributed by atoms with Crippen molar-refractivity contribution in [3.63, 3.8) is 0 Å². The van der Waals surface area contributed by atoms with Crippen LogP contribution in [-0.4, -0.2) is 39.4 Å². The van der Waals surface area contributed by atoms with Crippen LogP contribution in [0.3, 0.4) is 0 Å². The molecule has 0 spiro atoms. The fourth-order valence-electron chi connectivity index (χ4n) is 3.19.